The van der Waals surface area contributed by atoms with E-state index >= 15 is 0 Å². The van der Waals surface area contributed by atoms with Gasteiger partial charge in [-0.25, -0.2) is 30.6 Å². The predicted octanol–water partition coefficient (Wildman–Crippen LogP) is 4.16. The second-order valence-electron chi connectivity index (χ2n) is 9.28. The van der Waals surface area contributed by atoms with Crippen molar-refractivity contribution in [3.05, 3.63) is 84.3 Å². The van der Waals surface area contributed by atoms with E-state index in [0.717, 1.165) is 17.2 Å². The molecule has 1 aliphatic carbocycles. The van der Waals surface area contributed by atoms with Crippen LogP contribution < -0.4 is 9.46 Å². The van der Waals surface area contributed by atoms with E-state index in [2.05, 4.69) is 9.82 Å². The Morgan fingerprint density at radius 2 is 1.68 bits per heavy atom. The summed E-state index contributed by atoms with van der Waals surface area (Å²) in [6, 6.07) is 17.0. The third-order valence-corrected chi connectivity index (χ3v) is 9.46. The molecule has 0 radical (unpaired) electrons. The zero-order valence-electron chi connectivity index (χ0n) is 20.2. The molecule has 1 heterocycles. The molecular formula is C26H26FN3O5S2. The first kappa shape index (κ1) is 25.4. The number of nitrogens with one attached hydrogen (secondary N) is 1. The van der Waals surface area contributed by atoms with Crippen molar-refractivity contribution in [2.75, 3.05) is 6.26 Å². The standard InChI is InChI=1S/C26H26FN3O5S2/c1-17(29-37(33,34)24-12-13-24)26(18-3-10-23(11-4-18)36(2,31)32)35-22-9-14-25-19(15-22)16-28-30(25)21-7-5-20(27)6-8-21/h3-11,14-17,24,26,29H,12-13H2,1-2H3. The molecule has 5 rings (SSSR count). The Morgan fingerprint density at radius 1 is 1.00 bits per heavy atom. The van der Waals surface area contributed by atoms with Crippen LogP contribution in [-0.4, -0.2) is 44.2 Å². The van der Waals surface area contributed by atoms with Crippen LogP contribution in [0.2, 0.25) is 0 Å². The number of rotatable bonds is 9. The summed E-state index contributed by atoms with van der Waals surface area (Å²) < 4.78 is 73.1. The third kappa shape index (κ3) is 5.53. The van der Waals surface area contributed by atoms with Crippen molar-refractivity contribution in [2.45, 2.75) is 42.1 Å². The lowest BCUT2D eigenvalue weighted by Gasteiger charge is -2.26. The molecule has 11 heteroatoms. The fourth-order valence-corrected chi connectivity index (χ4v) is 6.40. The van der Waals surface area contributed by atoms with Gasteiger partial charge in [0.05, 0.1) is 33.6 Å². The topological polar surface area (TPSA) is 107 Å². The maximum Gasteiger partial charge on any atom is 0.214 e. The third-order valence-electron chi connectivity index (χ3n) is 6.28. The van der Waals surface area contributed by atoms with E-state index in [-0.39, 0.29) is 10.7 Å². The number of halogens is 1. The largest absolute Gasteiger partial charge is 0.484 e. The molecule has 0 amide bonds. The summed E-state index contributed by atoms with van der Waals surface area (Å²) in [6.45, 7) is 1.72. The highest BCUT2D eigenvalue weighted by Crippen LogP contribution is 2.32. The van der Waals surface area contributed by atoms with Gasteiger partial charge in [-0.1, -0.05) is 12.1 Å². The quantitative estimate of drug-likeness (QED) is 0.340. The lowest BCUT2D eigenvalue weighted by Crippen LogP contribution is -2.40. The van der Waals surface area contributed by atoms with E-state index < -0.39 is 37.3 Å². The summed E-state index contributed by atoms with van der Waals surface area (Å²) in [5.74, 6) is 0.152. The molecule has 1 N–H and O–H groups in total. The smallest absolute Gasteiger partial charge is 0.214 e. The number of aromatic nitrogens is 2. The molecule has 2 atom stereocenters. The van der Waals surface area contributed by atoms with Crippen molar-refractivity contribution < 1.29 is 26.0 Å². The average molecular weight is 544 g/mol. The average Bonchev–Trinajstić information content (AvgIpc) is 3.64. The van der Waals surface area contributed by atoms with Crippen LogP contribution >= 0.6 is 0 Å². The van der Waals surface area contributed by atoms with Crippen molar-refractivity contribution >= 4 is 30.8 Å². The van der Waals surface area contributed by atoms with Crippen molar-refractivity contribution in [2.24, 2.45) is 0 Å². The van der Waals surface area contributed by atoms with Crippen LogP contribution in [0.3, 0.4) is 0 Å². The first-order valence-electron chi connectivity index (χ1n) is 11.7. The monoisotopic (exact) mass is 543 g/mol. The van der Waals surface area contributed by atoms with E-state index in [0.29, 0.717) is 29.8 Å². The predicted molar refractivity (Wildman–Crippen MR) is 138 cm³/mol. The SMILES string of the molecule is CC(NS(=O)(=O)C1CC1)C(Oc1ccc2c(cnn2-c2ccc(F)cc2)c1)c1ccc(S(C)(=O)=O)cc1. The summed E-state index contributed by atoms with van der Waals surface area (Å²) >= 11 is 0. The van der Waals surface area contributed by atoms with Crippen LogP contribution in [0.1, 0.15) is 31.4 Å². The minimum absolute atomic E-state index is 0.163. The van der Waals surface area contributed by atoms with Crippen molar-refractivity contribution in [3.63, 3.8) is 0 Å². The summed E-state index contributed by atoms with van der Waals surface area (Å²) in [6.07, 6.45) is 3.33. The number of nitrogens with zero attached hydrogens (tertiary/aromatic N) is 2. The van der Waals surface area contributed by atoms with Crippen LogP contribution in [0.4, 0.5) is 4.39 Å². The maximum atomic E-state index is 13.3. The Hall–Kier alpha value is -3.28. The Kier molecular flexibility index (Phi) is 6.55. The molecule has 2 unspecified atom stereocenters. The highest BCUT2D eigenvalue weighted by atomic mass is 32.2. The van der Waals surface area contributed by atoms with Gasteiger partial charge in [0, 0.05) is 11.6 Å². The maximum absolute atomic E-state index is 13.3. The highest BCUT2D eigenvalue weighted by molar-refractivity contribution is 7.90. The van der Waals surface area contributed by atoms with E-state index in [4.69, 9.17) is 4.74 Å². The molecule has 37 heavy (non-hydrogen) atoms. The van der Waals surface area contributed by atoms with Crippen LogP contribution in [-0.2, 0) is 19.9 Å². The molecule has 1 aromatic heterocycles. The second-order valence-corrected chi connectivity index (χ2v) is 13.3. The minimum Gasteiger partial charge on any atom is -0.484 e. The number of sulfone groups is 1. The van der Waals surface area contributed by atoms with Gasteiger partial charge in [0.2, 0.25) is 10.0 Å². The van der Waals surface area contributed by atoms with E-state index in [1.165, 1.54) is 24.3 Å². The molecule has 1 aliphatic rings. The van der Waals surface area contributed by atoms with Crippen LogP contribution in [0.25, 0.3) is 16.6 Å². The molecule has 8 nitrogen and oxygen atoms in total. The van der Waals surface area contributed by atoms with E-state index in [1.54, 1.807) is 54.2 Å². The highest BCUT2D eigenvalue weighted by Gasteiger charge is 2.38. The molecule has 194 valence electrons. The van der Waals surface area contributed by atoms with Gasteiger partial charge in [-0.15, -0.1) is 0 Å². The number of fused-ring (bicyclic) bond motifs is 1. The van der Waals surface area contributed by atoms with Crippen molar-refractivity contribution in [1.82, 2.24) is 14.5 Å². The summed E-state index contributed by atoms with van der Waals surface area (Å²) in [5.41, 5.74) is 2.12. The van der Waals surface area contributed by atoms with Gasteiger partial charge in [-0.05, 0) is 79.9 Å². The minimum atomic E-state index is -3.49. The zero-order chi connectivity index (χ0) is 26.4. The second kappa shape index (κ2) is 9.55. The Morgan fingerprint density at radius 3 is 2.30 bits per heavy atom. The number of sulfonamides is 1. The molecule has 1 fully saturated rings. The van der Waals surface area contributed by atoms with E-state index in [9.17, 15) is 21.2 Å². The zero-order valence-corrected chi connectivity index (χ0v) is 21.8. The Balaban J connectivity index is 1.46. The van der Waals surface area contributed by atoms with Crippen LogP contribution in [0.15, 0.2) is 77.8 Å². The van der Waals surface area contributed by atoms with Gasteiger partial charge in [-0.2, -0.15) is 5.10 Å². The van der Waals surface area contributed by atoms with E-state index in [1.807, 2.05) is 6.07 Å². The summed E-state index contributed by atoms with van der Waals surface area (Å²) in [7, 11) is -6.88. The van der Waals surface area contributed by atoms with Gasteiger partial charge < -0.3 is 4.74 Å². The normalized spacial score (nSPS) is 16.0. The van der Waals surface area contributed by atoms with Crippen LogP contribution in [0, 0.1) is 5.82 Å². The fourth-order valence-electron chi connectivity index (χ4n) is 4.18. The summed E-state index contributed by atoms with van der Waals surface area (Å²) in [5, 5.41) is 4.79. The summed E-state index contributed by atoms with van der Waals surface area (Å²) in [4.78, 5) is 0.163. The van der Waals surface area contributed by atoms with Gasteiger partial charge in [0.15, 0.2) is 9.84 Å². The lowest BCUT2D eigenvalue weighted by molar-refractivity contribution is 0.173. The number of hydrogen-bond donors (Lipinski definition) is 1. The van der Waals surface area contributed by atoms with Crippen molar-refractivity contribution in [1.29, 1.82) is 0 Å². The molecule has 1 saturated carbocycles. The molecule has 0 aliphatic heterocycles. The first-order chi connectivity index (χ1) is 17.5. The molecular weight excluding hydrogens is 517 g/mol. The van der Waals surface area contributed by atoms with Gasteiger partial charge >= 0.3 is 0 Å². The Labute approximate surface area is 215 Å². The van der Waals surface area contributed by atoms with Crippen molar-refractivity contribution in [3.8, 4) is 11.4 Å². The number of benzene rings is 3. The van der Waals surface area contributed by atoms with Crippen LogP contribution in [0.5, 0.6) is 5.75 Å². The molecule has 3 aromatic carbocycles. The first-order valence-corrected chi connectivity index (χ1v) is 15.2. The number of hydrogen-bond acceptors (Lipinski definition) is 6. The van der Waals surface area contributed by atoms with Gasteiger partial charge in [0.1, 0.15) is 17.7 Å². The van der Waals surface area contributed by atoms with Gasteiger partial charge in [0.25, 0.3) is 0 Å². The molecule has 4 aromatic rings. The molecule has 0 saturated heterocycles. The fraction of sp³-hybridized carbons (Fsp3) is 0.269. The van der Waals surface area contributed by atoms with Gasteiger partial charge in [-0.3, -0.25) is 0 Å². The lowest BCUT2D eigenvalue weighted by atomic mass is 10.0. The molecule has 0 spiro atoms. The Bertz CT molecular complexity index is 1650. The molecule has 0 bridgehead atoms. The number of ether oxygens (including phenoxy) is 1.